The van der Waals surface area contributed by atoms with Crippen molar-refractivity contribution in [3.05, 3.63) is 95.6 Å². The molecule has 4 rings (SSSR count). The summed E-state index contributed by atoms with van der Waals surface area (Å²) in [7, 11) is 1.31. The molecule has 31 heavy (non-hydrogen) atoms. The molecule has 1 N–H and O–H groups in total. The van der Waals surface area contributed by atoms with Gasteiger partial charge >= 0.3 is 5.97 Å². The number of amides is 1. The quantitative estimate of drug-likeness (QED) is 0.283. The molecule has 1 amide bonds. The number of ether oxygens (including phenoxy) is 1. The van der Waals surface area contributed by atoms with E-state index in [1.165, 1.54) is 7.11 Å². The van der Waals surface area contributed by atoms with Crippen LogP contribution in [-0.2, 0) is 22.5 Å². The summed E-state index contributed by atoms with van der Waals surface area (Å²) >= 11 is 0. The Morgan fingerprint density at radius 1 is 1.06 bits per heavy atom. The van der Waals surface area contributed by atoms with Gasteiger partial charge in [-0.05, 0) is 23.8 Å². The molecule has 156 valence electrons. The monoisotopic (exact) mass is 415 g/mol. The van der Waals surface area contributed by atoms with Gasteiger partial charge in [0.25, 0.3) is 0 Å². The van der Waals surface area contributed by atoms with Crippen LogP contribution in [0.5, 0.6) is 0 Å². The fourth-order valence-corrected chi connectivity index (χ4v) is 3.34. The second-order valence-electron chi connectivity index (χ2n) is 6.94. The molecule has 0 radical (unpaired) electrons. The summed E-state index contributed by atoms with van der Waals surface area (Å²) in [6, 6.07) is 20.7. The van der Waals surface area contributed by atoms with Crippen molar-refractivity contribution in [2.45, 2.75) is 13.0 Å². The summed E-state index contributed by atoms with van der Waals surface area (Å²) in [5.41, 5.74) is 5.34. The predicted octanol–water partition coefficient (Wildman–Crippen LogP) is 3.76. The van der Waals surface area contributed by atoms with Crippen molar-refractivity contribution >= 4 is 29.0 Å². The van der Waals surface area contributed by atoms with Crippen molar-refractivity contribution in [1.29, 1.82) is 0 Å². The minimum Gasteiger partial charge on any atom is -0.463 e. The van der Waals surface area contributed by atoms with Gasteiger partial charge in [-0.2, -0.15) is 5.10 Å². The molecule has 0 saturated heterocycles. The molecule has 0 saturated carbocycles. The second kappa shape index (κ2) is 9.13. The zero-order valence-corrected chi connectivity index (χ0v) is 16.9. The normalized spacial score (nSPS) is 11.1. The van der Waals surface area contributed by atoms with Gasteiger partial charge in [-0.25, -0.2) is 10.2 Å². The average Bonchev–Trinajstić information content (AvgIpc) is 3.40. The predicted molar refractivity (Wildman–Crippen MR) is 117 cm³/mol. The van der Waals surface area contributed by atoms with Crippen LogP contribution in [0.25, 0.3) is 10.9 Å². The molecule has 0 atom stereocenters. The van der Waals surface area contributed by atoms with Gasteiger partial charge in [-0.3, -0.25) is 4.79 Å². The van der Waals surface area contributed by atoms with Crippen molar-refractivity contribution in [1.82, 2.24) is 9.99 Å². The van der Waals surface area contributed by atoms with Crippen LogP contribution in [0.4, 0.5) is 0 Å². The summed E-state index contributed by atoms with van der Waals surface area (Å²) in [5, 5.41) is 5.11. The Kier molecular flexibility index (Phi) is 5.93. The van der Waals surface area contributed by atoms with E-state index in [2.05, 4.69) is 15.3 Å². The van der Waals surface area contributed by atoms with E-state index >= 15 is 0 Å². The van der Waals surface area contributed by atoms with Gasteiger partial charge in [0.1, 0.15) is 5.76 Å². The number of carbonyl (C=O) groups excluding carboxylic acids is 2. The fraction of sp³-hybridized carbons (Fsp3) is 0.125. The Bertz CT molecular complexity index is 1240. The van der Waals surface area contributed by atoms with Gasteiger partial charge in [0.05, 0.1) is 26.3 Å². The van der Waals surface area contributed by atoms with Gasteiger partial charge in [0, 0.05) is 22.7 Å². The van der Waals surface area contributed by atoms with Crippen molar-refractivity contribution < 1.29 is 18.7 Å². The maximum absolute atomic E-state index is 12.1. The highest BCUT2D eigenvalue weighted by molar-refractivity contribution is 5.99. The number of aromatic nitrogens is 1. The van der Waals surface area contributed by atoms with Gasteiger partial charge in [-0.15, -0.1) is 0 Å². The molecule has 0 aliphatic carbocycles. The van der Waals surface area contributed by atoms with E-state index in [9.17, 15) is 9.59 Å². The number of rotatable bonds is 7. The van der Waals surface area contributed by atoms with E-state index in [1.807, 2.05) is 65.4 Å². The number of nitrogens with one attached hydrogen (secondary N) is 1. The Balaban J connectivity index is 1.50. The SMILES string of the molecule is COC(=O)c1ccc(Cn2cc(/C=N\NC(=O)Cc3ccccc3)c3ccccc32)o1. The first-order valence-corrected chi connectivity index (χ1v) is 9.75. The number of furan rings is 1. The molecule has 0 aliphatic rings. The summed E-state index contributed by atoms with van der Waals surface area (Å²) in [6.45, 7) is 0.436. The lowest BCUT2D eigenvalue weighted by Gasteiger charge is -2.02. The molecule has 2 aromatic carbocycles. The molecule has 2 heterocycles. The van der Waals surface area contributed by atoms with Gasteiger partial charge in [0.2, 0.25) is 11.7 Å². The lowest BCUT2D eigenvalue weighted by atomic mass is 10.1. The Morgan fingerprint density at radius 2 is 1.84 bits per heavy atom. The van der Waals surface area contributed by atoms with Gasteiger partial charge < -0.3 is 13.7 Å². The number of carbonyl (C=O) groups is 2. The fourth-order valence-electron chi connectivity index (χ4n) is 3.34. The largest absolute Gasteiger partial charge is 0.463 e. The highest BCUT2D eigenvalue weighted by Crippen LogP contribution is 2.22. The van der Waals surface area contributed by atoms with E-state index in [4.69, 9.17) is 4.42 Å². The van der Waals surface area contributed by atoms with Crippen molar-refractivity contribution in [2.24, 2.45) is 5.10 Å². The molecule has 0 fully saturated rings. The first-order chi connectivity index (χ1) is 15.1. The lowest BCUT2D eigenvalue weighted by Crippen LogP contribution is -2.19. The first-order valence-electron chi connectivity index (χ1n) is 9.75. The van der Waals surface area contributed by atoms with E-state index < -0.39 is 5.97 Å². The van der Waals surface area contributed by atoms with E-state index in [0.29, 0.717) is 12.3 Å². The number of para-hydroxylation sites is 1. The van der Waals surface area contributed by atoms with Crippen LogP contribution in [0.3, 0.4) is 0 Å². The number of hydrogen-bond donors (Lipinski definition) is 1. The van der Waals surface area contributed by atoms with Crippen LogP contribution >= 0.6 is 0 Å². The van der Waals surface area contributed by atoms with Crippen LogP contribution in [-0.4, -0.2) is 29.8 Å². The van der Waals surface area contributed by atoms with Crippen LogP contribution in [0.15, 0.2) is 82.4 Å². The Hall–Kier alpha value is -4.13. The second-order valence-corrected chi connectivity index (χ2v) is 6.94. The number of methoxy groups -OCH3 is 1. The molecule has 2 aromatic heterocycles. The third kappa shape index (κ3) is 4.72. The summed E-state index contributed by atoms with van der Waals surface area (Å²) in [6.07, 6.45) is 3.82. The van der Waals surface area contributed by atoms with E-state index in [0.717, 1.165) is 22.0 Å². The van der Waals surface area contributed by atoms with Crippen LogP contribution < -0.4 is 5.43 Å². The van der Waals surface area contributed by atoms with Crippen LogP contribution in [0.2, 0.25) is 0 Å². The van der Waals surface area contributed by atoms with Gasteiger partial charge in [0.15, 0.2) is 0 Å². The highest BCUT2D eigenvalue weighted by Gasteiger charge is 2.13. The van der Waals surface area contributed by atoms with Crippen molar-refractivity contribution in [3.8, 4) is 0 Å². The molecule has 0 unspecified atom stereocenters. The van der Waals surface area contributed by atoms with Crippen molar-refractivity contribution in [3.63, 3.8) is 0 Å². The first kappa shape index (κ1) is 20.2. The molecular formula is C24H21N3O4. The number of hydrogen-bond acceptors (Lipinski definition) is 5. The molecule has 0 spiro atoms. The zero-order chi connectivity index (χ0) is 21.6. The number of nitrogens with zero attached hydrogens (tertiary/aromatic N) is 2. The number of fused-ring (bicyclic) bond motifs is 1. The molecular weight excluding hydrogens is 394 g/mol. The number of hydrazone groups is 1. The third-order valence-electron chi connectivity index (χ3n) is 4.79. The molecule has 7 heteroatoms. The minimum absolute atomic E-state index is 0.164. The zero-order valence-electron chi connectivity index (χ0n) is 16.9. The Morgan fingerprint density at radius 3 is 2.65 bits per heavy atom. The maximum Gasteiger partial charge on any atom is 0.373 e. The number of benzene rings is 2. The molecule has 0 bridgehead atoms. The van der Waals surface area contributed by atoms with E-state index in [-0.39, 0.29) is 18.1 Å². The van der Waals surface area contributed by atoms with Crippen LogP contribution in [0.1, 0.15) is 27.4 Å². The number of esters is 1. The molecule has 0 aliphatic heterocycles. The maximum atomic E-state index is 12.1. The lowest BCUT2D eigenvalue weighted by molar-refractivity contribution is -0.120. The highest BCUT2D eigenvalue weighted by atomic mass is 16.5. The standard InChI is InChI=1S/C24H21N3O4/c1-30-24(29)22-12-11-19(31-22)16-27-15-18(20-9-5-6-10-21(20)27)14-25-26-23(28)13-17-7-3-2-4-8-17/h2-12,14-15H,13,16H2,1H3,(H,26,28)/b25-14-. The topological polar surface area (TPSA) is 85.8 Å². The van der Waals surface area contributed by atoms with Gasteiger partial charge in [-0.1, -0.05) is 48.5 Å². The molecule has 7 nitrogen and oxygen atoms in total. The van der Waals surface area contributed by atoms with Crippen molar-refractivity contribution in [2.75, 3.05) is 7.11 Å². The van der Waals surface area contributed by atoms with E-state index in [1.54, 1.807) is 18.3 Å². The third-order valence-corrected chi connectivity index (χ3v) is 4.79. The summed E-state index contributed by atoms with van der Waals surface area (Å²) in [5.74, 6) is 0.0949. The summed E-state index contributed by atoms with van der Waals surface area (Å²) in [4.78, 5) is 23.7. The summed E-state index contributed by atoms with van der Waals surface area (Å²) < 4.78 is 12.3. The Labute approximate surface area is 178 Å². The molecule has 4 aromatic rings. The minimum atomic E-state index is -0.511. The smallest absolute Gasteiger partial charge is 0.373 e. The van der Waals surface area contributed by atoms with Crippen LogP contribution in [0, 0.1) is 0 Å². The average molecular weight is 415 g/mol.